The Morgan fingerprint density at radius 1 is 1.67 bits per heavy atom. The minimum absolute atomic E-state index is 0.339. The van der Waals surface area contributed by atoms with Crippen molar-refractivity contribution in [1.82, 2.24) is 10.2 Å². The molecule has 0 radical (unpaired) electrons. The Bertz CT molecular complexity index is 493. The van der Waals surface area contributed by atoms with Crippen molar-refractivity contribution in [2.75, 3.05) is 0 Å². The van der Waals surface area contributed by atoms with E-state index >= 15 is 0 Å². The summed E-state index contributed by atoms with van der Waals surface area (Å²) in [5, 5.41) is 12.7. The minimum atomic E-state index is 0.339. The molecule has 0 aromatic carbocycles. The van der Waals surface area contributed by atoms with Crippen molar-refractivity contribution in [2.45, 2.75) is 13.5 Å². The summed E-state index contributed by atoms with van der Waals surface area (Å²) in [6.07, 6.45) is 0. The summed E-state index contributed by atoms with van der Waals surface area (Å²) in [5.41, 5.74) is 11.1. The van der Waals surface area contributed by atoms with Crippen LogP contribution in [0.1, 0.15) is 11.3 Å². The molecule has 0 bridgehead atoms. The van der Waals surface area contributed by atoms with Crippen LogP contribution in [0.4, 0.5) is 0 Å². The number of H-pyrrole nitrogens is 1. The number of aryl methyl sites for hydroxylation is 1. The second-order valence-corrected chi connectivity index (χ2v) is 3.99. The maximum absolute atomic E-state index is 8.31. The molecule has 2 rings (SSSR count). The van der Waals surface area contributed by atoms with E-state index in [0.717, 1.165) is 21.8 Å². The van der Waals surface area contributed by atoms with E-state index in [2.05, 4.69) is 20.2 Å². The number of azide groups is 1. The van der Waals surface area contributed by atoms with E-state index in [9.17, 15) is 0 Å². The molecular formula is C9H9N5S. The van der Waals surface area contributed by atoms with Crippen LogP contribution in [0.5, 0.6) is 0 Å². The van der Waals surface area contributed by atoms with Crippen LogP contribution >= 0.6 is 11.3 Å². The largest absolute Gasteiger partial charge is 0.282 e. The number of thiophene rings is 1. The lowest BCUT2D eigenvalue weighted by Crippen LogP contribution is -1.84. The number of hydrogen-bond acceptors (Lipinski definition) is 3. The molecule has 15 heavy (non-hydrogen) atoms. The zero-order valence-corrected chi connectivity index (χ0v) is 8.95. The highest BCUT2D eigenvalue weighted by Crippen LogP contribution is 2.28. The number of nitrogens with one attached hydrogen (secondary N) is 1. The fourth-order valence-corrected chi connectivity index (χ4v) is 2.11. The first-order valence-corrected chi connectivity index (χ1v) is 5.29. The molecule has 0 aliphatic carbocycles. The van der Waals surface area contributed by atoms with Gasteiger partial charge in [0, 0.05) is 16.2 Å². The normalized spacial score (nSPS) is 9.93. The third-order valence-corrected chi connectivity index (χ3v) is 3.00. The molecular weight excluding hydrogens is 210 g/mol. The van der Waals surface area contributed by atoms with Crippen LogP contribution < -0.4 is 0 Å². The van der Waals surface area contributed by atoms with E-state index in [-0.39, 0.29) is 0 Å². The maximum Gasteiger partial charge on any atom is 0.106 e. The van der Waals surface area contributed by atoms with Crippen LogP contribution in [0.25, 0.3) is 21.0 Å². The van der Waals surface area contributed by atoms with Gasteiger partial charge in [0.15, 0.2) is 0 Å². The number of hydrogen-bond donors (Lipinski definition) is 1. The lowest BCUT2D eigenvalue weighted by molar-refractivity contribution is 1.01. The highest BCUT2D eigenvalue weighted by Gasteiger charge is 2.11. The van der Waals surface area contributed by atoms with Gasteiger partial charge in [-0.2, -0.15) is 5.10 Å². The fourth-order valence-electron chi connectivity index (χ4n) is 1.37. The molecule has 0 unspecified atom stereocenters. The van der Waals surface area contributed by atoms with Crippen molar-refractivity contribution in [3.63, 3.8) is 0 Å². The van der Waals surface area contributed by atoms with E-state index in [4.69, 9.17) is 5.53 Å². The van der Waals surface area contributed by atoms with Gasteiger partial charge < -0.3 is 0 Å². The predicted octanol–water partition coefficient (Wildman–Crippen LogP) is 3.26. The van der Waals surface area contributed by atoms with Crippen molar-refractivity contribution in [3.05, 3.63) is 39.2 Å². The second-order valence-electron chi connectivity index (χ2n) is 3.04. The Morgan fingerprint density at radius 3 is 3.20 bits per heavy atom. The van der Waals surface area contributed by atoms with Gasteiger partial charge in [-0.25, -0.2) is 0 Å². The number of nitrogens with zero attached hydrogens (tertiary/aromatic N) is 4. The zero-order chi connectivity index (χ0) is 10.7. The second kappa shape index (κ2) is 4.16. The smallest absolute Gasteiger partial charge is 0.106 e. The molecule has 76 valence electrons. The molecule has 0 aliphatic rings. The molecule has 5 nitrogen and oxygen atoms in total. The summed E-state index contributed by atoms with van der Waals surface area (Å²) in [6, 6.07) is 3.97. The van der Waals surface area contributed by atoms with Gasteiger partial charge in [-0.1, -0.05) is 11.2 Å². The predicted molar refractivity (Wildman–Crippen MR) is 59.5 cm³/mol. The van der Waals surface area contributed by atoms with Gasteiger partial charge >= 0.3 is 0 Å². The monoisotopic (exact) mass is 219 g/mol. The van der Waals surface area contributed by atoms with Crippen LogP contribution in [0.3, 0.4) is 0 Å². The van der Waals surface area contributed by atoms with Crippen LogP contribution in [-0.2, 0) is 6.54 Å². The summed E-state index contributed by atoms with van der Waals surface area (Å²) in [6.45, 7) is 2.26. The Hall–Kier alpha value is -1.78. The van der Waals surface area contributed by atoms with Gasteiger partial charge in [0.2, 0.25) is 0 Å². The van der Waals surface area contributed by atoms with E-state index < -0.39 is 0 Å². The lowest BCUT2D eigenvalue weighted by atomic mass is 10.1. The zero-order valence-electron chi connectivity index (χ0n) is 8.14. The third-order valence-electron chi connectivity index (χ3n) is 2.12. The van der Waals surface area contributed by atoms with Crippen molar-refractivity contribution in [1.29, 1.82) is 0 Å². The third kappa shape index (κ3) is 1.86. The molecule has 0 saturated carbocycles. The molecule has 2 heterocycles. The molecule has 2 aromatic rings. The average molecular weight is 219 g/mol. The number of aromatic nitrogens is 2. The molecule has 0 spiro atoms. The topological polar surface area (TPSA) is 77.4 Å². The summed E-state index contributed by atoms with van der Waals surface area (Å²) in [7, 11) is 0. The van der Waals surface area contributed by atoms with Crippen molar-refractivity contribution < 1.29 is 0 Å². The Balaban J connectivity index is 2.44. The summed E-state index contributed by atoms with van der Waals surface area (Å²) < 4.78 is 0. The standard InChI is InChI=1S/C9H9N5S/c1-6-7(5-11-14-10)9(13-12-6)8-3-2-4-15-8/h2-4H,5H2,1H3,(H,12,13). The lowest BCUT2D eigenvalue weighted by Gasteiger charge is -1.96. The molecule has 6 heteroatoms. The van der Waals surface area contributed by atoms with E-state index in [0.29, 0.717) is 6.54 Å². The van der Waals surface area contributed by atoms with Gasteiger partial charge in [-0.05, 0) is 23.9 Å². The molecule has 1 N–H and O–H groups in total. The van der Waals surface area contributed by atoms with Crippen molar-refractivity contribution >= 4 is 11.3 Å². The van der Waals surface area contributed by atoms with Gasteiger partial charge in [0.25, 0.3) is 0 Å². The quantitative estimate of drug-likeness (QED) is 0.480. The fraction of sp³-hybridized carbons (Fsp3) is 0.222. The van der Waals surface area contributed by atoms with Gasteiger partial charge in [0.1, 0.15) is 5.69 Å². The Morgan fingerprint density at radius 2 is 2.53 bits per heavy atom. The first kappa shape index (κ1) is 9.76. The average Bonchev–Trinajstić information content (AvgIpc) is 2.84. The highest BCUT2D eigenvalue weighted by atomic mass is 32.1. The molecule has 0 amide bonds. The summed E-state index contributed by atoms with van der Waals surface area (Å²) in [4.78, 5) is 3.85. The first-order chi connectivity index (χ1) is 7.33. The molecule has 2 aromatic heterocycles. The molecule has 0 aliphatic heterocycles. The summed E-state index contributed by atoms with van der Waals surface area (Å²) >= 11 is 1.62. The Labute approximate surface area is 90.4 Å². The summed E-state index contributed by atoms with van der Waals surface area (Å²) in [5.74, 6) is 0. The van der Waals surface area contributed by atoms with Crippen LogP contribution in [0.2, 0.25) is 0 Å². The number of aromatic amines is 1. The highest BCUT2D eigenvalue weighted by molar-refractivity contribution is 7.13. The van der Waals surface area contributed by atoms with Crippen LogP contribution in [0.15, 0.2) is 22.6 Å². The van der Waals surface area contributed by atoms with Gasteiger partial charge in [0.05, 0.1) is 11.4 Å². The van der Waals surface area contributed by atoms with Crippen LogP contribution in [-0.4, -0.2) is 10.2 Å². The SMILES string of the molecule is Cc1[nH]nc(-c2cccs2)c1CN=[N+]=[N-]. The van der Waals surface area contributed by atoms with Gasteiger partial charge in [-0.3, -0.25) is 5.10 Å². The maximum atomic E-state index is 8.31. The minimum Gasteiger partial charge on any atom is -0.282 e. The van der Waals surface area contributed by atoms with Crippen molar-refractivity contribution in [2.24, 2.45) is 5.11 Å². The molecule has 0 saturated heterocycles. The Kier molecular flexibility index (Phi) is 2.71. The first-order valence-electron chi connectivity index (χ1n) is 4.41. The van der Waals surface area contributed by atoms with Gasteiger partial charge in [-0.15, -0.1) is 11.3 Å². The number of rotatable bonds is 3. The van der Waals surface area contributed by atoms with E-state index in [1.54, 1.807) is 11.3 Å². The molecule has 0 atom stereocenters. The van der Waals surface area contributed by atoms with Crippen molar-refractivity contribution in [3.8, 4) is 10.6 Å². The van der Waals surface area contributed by atoms with E-state index in [1.165, 1.54) is 0 Å². The molecule has 0 fully saturated rings. The van der Waals surface area contributed by atoms with E-state index in [1.807, 2.05) is 24.4 Å². The van der Waals surface area contributed by atoms with Crippen LogP contribution in [0, 0.1) is 6.92 Å².